The van der Waals surface area contributed by atoms with E-state index in [9.17, 15) is 9.59 Å². The number of carbonyl (C=O) groups excluding carboxylic acids is 2. The molecule has 2 aromatic rings. The highest BCUT2D eigenvalue weighted by molar-refractivity contribution is 7.80. The Balaban J connectivity index is 1.75. The third-order valence-corrected chi connectivity index (χ3v) is 4.07. The van der Waals surface area contributed by atoms with Crippen LogP contribution in [0.3, 0.4) is 0 Å². The molecular formula is C20H24N4O2S. The lowest BCUT2D eigenvalue weighted by Gasteiger charge is -2.16. The second-order valence-corrected chi connectivity index (χ2v) is 6.80. The standard InChI is InChI=1S/C20H24N4O2S/c1-13-9-10-14(2)17(11-13)22-20(27)24-23-18(25)12-15(3)21-19(26)16-7-5-4-6-8-16/h4-11,15H,12H2,1-3H3,(H,21,26)(H,23,25)(H2,22,24,27). The van der Waals surface area contributed by atoms with Gasteiger partial charge in [0.15, 0.2) is 5.11 Å². The summed E-state index contributed by atoms with van der Waals surface area (Å²) in [7, 11) is 0. The number of rotatable bonds is 5. The van der Waals surface area contributed by atoms with E-state index >= 15 is 0 Å². The highest BCUT2D eigenvalue weighted by Gasteiger charge is 2.13. The predicted molar refractivity (Wildman–Crippen MR) is 111 cm³/mol. The summed E-state index contributed by atoms with van der Waals surface area (Å²) in [6, 6.07) is 14.5. The minimum Gasteiger partial charge on any atom is -0.349 e. The topological polar surface area (TPSA) is 82.3 Å². The summed E-state index contributed by atoms with van der Waals surface area (Å²) >= 11 is 5.20. The van der Waals surface area contributed by atoms with Crippen molar-refractivity contribution in [3.05, 3.63) is 65.2 Å². The van der Waals surface area contributed by atoms with E-state index < -0.39 is 0 Å². The molecule has 1 unspecified atom stereocenters. The summed E-state index contributed by atoms with van der Waals surface area (Å²) in [6.45, 7) is 5.74. The number of thiocarbonyl (C=S) groups is 1. The van der Waals surface area contributed by atoms with Crippen molar-refractivity contribution >= 4 is 34.8 Å². The van der Waals surface area contributed by atoms with E-state index in [-0.39, 0.29) is 29.4 Å². The van der Waals surface area contributed by atoms with Crippen LogP contribution in [-0.4, -0.2) is 23.0 Å². The molecule has 0 aromatic heterocycles. The van der Waals surface area contributed by atoms with Gasteiger partial charge in [0.2, 0.25) is 5.91 Å². The smallest absolute Gasteiger partial charge is 0.251 e. The van der Waals surface area contributed by atoms with Crippen LogP contribution in [0.25, 0.3) is 0 Å². The van der Waals surface area contributed by atoms with Crippen LogP contribution in [0.1, 0.15) is 34.8 Å². The van der Waals surface area contributed by atoms with Gasteiger partial charge < -0.3 is 10.6 Å². The van der Waals surface area contributed by atoms with Crippen molar-refractivity contribution in [2.45, 2.75) is 33.2 Å². The molecule has 1 atom stereocenters. The average Bonchev–Trinajstić information content (AvgIpc) is 2.63. The third-order valence-electron chi connectivity index (χ3n) is 3.86. The van der Waals surface area contributed by atoms with Gasteiger partial charge in [-0.05, 0) is 62.3 Å². The van der Waals surface area contributed by atoms with Gasteiger partial charge in [0.05, 0.1) is 0 Å². The molecule has 7 heteroatoms. The van der Waals surface area contributed by atoms with Crippen molar-refractivity contribution in [1.82, 2.24) is 16.2 Å². The molecule has 0 aliphatic heterocycles. The van der Waals surface area contributed by atoms with Crippen LogP contribution >= 0.6 is 12.2 Å². The third kappa shape index (κ3) is 6.71. The minimum atomic E-state index is -0.319. The van der Waals surface area contributed by atoms with Crippen molar-refractivity contribution in [2.24, 2.45) is 0 Å². The van der Waals surface area contributed by atoms with Gasteiger partial charge in [-0.2, -0.15) is 0 Å². The molecule has 4 N–H and O–H groups in total. The van der Waals surface area contributed by atoms with Crippen LogP contribution in [0, 0.1) is 13.8 Å². The lowest BCUT2D eigenvalue weighted by Crippen LogP contribution is -2.46. The number of nitrogens with one attached hydrogen (secondary N) is 4. The van der Waals surface area contributed by atoms with Crippen molar-refractivity contribution in [3.8, 4) is 0 Å². The lowest BCUT2D eigenvalue weighted by molar-refractivity contribution is -0.122. The molecule has 2 aromatic carbocycles. The summed E-state index contributed by atoms with van der Waals surface area (Å²) in [5, 5.41) is 6.13. The summed E-state index contributed by atoms with van der Waals surface area (Å²) < 4.78 is 0. The number of carbonyl (C=O) groups is 2. The molecule has 2 rings (SSSR count). The zero-order valence-electron chi connectivity index (χ0n) is 15.6. The van der Waals surface area contributed by atoms with Gasteiger partial charge in [-0.25, -0.2) is 0 Å². The van der Waals surface area contributed by atoms with E-state index in [1.165, 1.54) is 0 Å². The Morgan fingerprint density at radius 1 is 1.04 bits per heavy atom. The van der Waals surface area contributed by atoms with Gasteiger partial charge in [-0.1, -0.05) is 30.3 Å². The van der Waals surface area contributed by atoms with Crippen LogP contribution in [0.5, 0.6) is 0 Å². The van der Waals surface area contributed by atoms with Gasteiger partial charge in [-0.3, -0.25) is 20.4 Å². The molecule has 0 radical (unpaired) electrons. The maximum absolute atomic E-state index is 12.1. The van der Waals surface area contributed by atoms with Gasteiger partial charge in [-0.15, -0.1) is 0 Å². The average molecular weight is 385 g/mol. The van der Waals surface area contributed by atoms with Crippen molar-refractivity contribution < 1.29 is 9.59 Å². The van der Waals surface area contributed by atoms with Gasteiger partial charge >= 0.3 is 0 Å². The van der Waals surface area contributed by atoms with E-state index in [2.05, 4.69) is 21.5 Å². The van der Waals surface area contributed by atoms with Crippen LogP contribution in [-0.2, 0) is 4.79 Å². The molecule has 2 amide bonds. The molecule has 6 nitrogen and oxygen atoms in total. The summed E-state index contributed by atoms with van der Waals surface area (Å²) in [5.41, 5.74) is 8.81. The fourth-order valence-electron chi connectivity index (χ4n) is 2.43. The second-order valence-electron chi connectivity index (χ2n) is 6.39. The maximum atomic E-state index is 12.1. The molecule has 0 aliphatic carbocycles. The van der Waals surface area contributed by atoms with Gasteiger partial charge in [0.1, 0.15) is 0 Å². The molecule has 0 saturated heterocycles. The molecule has 0 fully saturated rings. The first kappa shape index (κ1) is 20.4. The summed E-state index contributed by atoms with van der Waals surface area (Å²) in [6.07, 6.45) is 0.123. The van der Waals surface area contributed by atoms with Gasteiger partial charge in [0, 0.05) is 23.7 Å². The number of benzene rings is 2. The zero-order valence-corrected chi connectivity index (χ0v) is 16.4. The fraction of sp³-hybridized carbons (Fsp3) is 0.250. The molecule has 0 saturated carbocycles. The minimum absolute atomic E-state index is 0.123. The molecule has 0 heterocycles. The maximum Gasteiger partial charge on any atom is 0.251 e. The van der Waals surface area contributed by atoms with E-state index in [0.29, 0.717) is 5.56 Å². The first-order chi connectivity index (χ1) is 12.8. The molecule has 142 valence electrons. The van der Waals surface area contributed by atoms with E-state index in [1.807, 2.05) is 38.1 Å². The quantitative estimate of drug-likeness (QED) is 0.471. The number of hydrogen-bond acceptors (Lipinski definition) is 3. The van der Waals surface area contributed by atoms with E-state index in [4.69, 9.17) is 12.2 Å². The number of hydrazine groups is 1. The predicted octanol–water partition coefficient (Wildman–Crippen LogP) is 2.83. The number of hydrogen-bond donors (Lipinski definition) is 4. The molecule has 0 aliphatic rings. The molecule has 27 heavy (non-hydrogen) atoms. The monoisotopic (exact) mass is 384 g/mol. The Kier molecular flexibility index (Phi) is 7.31. The van der Waals surface area contributed by atoms with Crippen LogP contribution in [0.2, 0.25) is 0 Å². The number of anilines is 1. The number of aryl methyl sites for hydroxylation is 2. The van der Waals surface area contributed by atoms with E-state index in [1.54, 1.807) is 31.2 Å². The largest absolute Gasteiger partial charge is 0.349 e. The Bertz CT molecular complexity index is 824. The van der Waals surface area contributed by atoms with Crippen molar-refractivity contribution in [3.63, 3.8) is 0 Å². The van der Waals surface area contributed by atoms with E-state index in [0.717, 1.165) is 16.8 Å². The first-order valence-corrected chi connectivity index (χ1v) is 9.05. The van der Waals surface area contributed by atoms with Crippen LogP contribution in [0.15, 0.2) is 48.5 Å². The first-order valence-electron chi connectivity index (χ1n) is 8.64. The number of amides is 2. The highest BCUT2D eigenvalue weighted by Crippen LogP contribution is 2.15. The summed E-state index contributed by atoms with van der Waals surface area (Å²) in [4.78, 5) is 24.1. The SMILES string of the molecule is Cc1ccc(C)c(NC(=S)NNC(=O)CC(C)NC(=O)c2ccccc2)c1. The fourth-order valence-corrected chi connectivity index (χ4v) is 2.59. The zero-order chi connectivity index (χ0) is 19.8. The summed E-state index contributed by atoms with van der Waals surface area (Å²) in [5.74, 6) is -0.489. The second kappa shape index (κ2) is 9.68. The lowest BCUT2D eigenvalue weighted by atomic mass is 10.1. The Labute approximate surface area is 164 Å². The van der Waals surface area contributed by atoms with Crippen LogP contribution < -0.4 is 21.5 Å². The molecule has 0 spiro atoms. The molecule has 0 bridgehead atoms. The Morgan fingerprint density at radius 3 is 2.44 bits per heavy atom. The molecular weight excluding hydrogens is 360 g/mol. The Morgan fingerprint density at radius 2 is 1.74 bits per heavy atom. The Hall–Kier alpha value is -2.93. The van der Waals surface area contributed by atoms with Crippen LogP contribution in [0.4, 0.5) is 5.69 Å². The van der Waals surface area contributed by atoms with Gasteiger partial charge in [0.25, 0.3) is 5.91 Å². The normalized spacial score (nSPS) is 11.2. The van der Waals surface area contributed by atoms with Crippen molar-refractivity contribution in [2.75, 3.05) is 5.32 Å². The highest BCUT2D eigenvalue weighted by atomic mass is 32.1. The van der Waals surface area contributed by atoms with Crippen molar-refractivity contribution in [1.29, 1.82) is 0 Å².